The van der Waals surface area contributed by atoms with E-state index in [2.05, 4.69) is 17.2 Å². The number of anilines is 1. The molecule has 0 bridgehead atoms. The molecule has 0 aliphatic carbocycles. The van der Waals surface area contributed by atoms with Crippen molar-refractivity contribution in [3.8, 4) is 0 Å². The molecule has 176 valence electrons. The minimum atomic E-state index is -3.64. The van der Waals surface area contributed by atoms with Crippen molar-refractivity contribution in [3.63, 3.8) is 0 Å². The molecule has 4 rings (SSSR count). The molecule has 2 aromatic carbocycles. The minimum Gasteiger partial charge on any atom is -0.354 e. The lowest BCUT2D eigenvalue weighted by atomic mass is 10.0. The molecule has 1 aliphatic heterocycles. The van der Waals surface area contributed by atoms with Crippen LogP contribution in [0.4, 0.5) is 5.13 Å². The van der Waals surface area contributed by atoms with Gasteiger partial charge in [-0.2, -0.15) is 4.31 Å². The summed E-state index contributed by atoms with van der Waals surface area (Å²) in [5.74, 6) is 0.242. The molecule has 1 aromatic heterocycles. The third kappa shape index (κ3) is 5.26. The van der Waals surface area contributed by atoms with Crippen LogP contribution in [0, 0.1) is 5.92 Å². The van der Waals surface area contributed by atoms with Gasteiger partial charge in [0.2, 0.25) is 10.0 Å². The standard InChI is InChI=1S/C22H25N3O5S3/c1-15-8-10-25(11-9-15)33(29,30)18-5-3-4-16(12-18)20(26)14-23-22-24-19-7-6-17(32(2,27)28)13-21(19)31-22/h3-7,12-13,15H,8-11,14H2,1-2H3,(H,23,24). The second kappa shape index (κ2) is 9.13. The Hall–Kier alpha value is -2.34. The number of sulfone groups is 1. The van der Waals surface area contributed by atoms with Gasteiger partial charge in [-0.15, -0.1) is 0 Å². The van der Waals surface area contributed by atoms with E-state index in [4.69, 9.17) is 0 Å². The van der Waals surface area contributed by atoms with Gasteiger partial charge in [0.05, 0.1) is 26.6 Å². The second-order valence-electron chi connectivity index (χ2n) is 8.31. The molecule has 1 N–H and O–H groups in total. The van der Waals surface area contributed by atoms with E-state index in [0.717, 1.165) is 19.1 Å². The Kier molecular flexibility index (Phi) is 6.59. The van der Waals surface area contributed by atoms with Gasteiger partial charge in [0.1, 0.15) is 0 Å². The lowest BCUT2D eigenvalue weighted by Crippen LogP contribution is -2.37. The molecule has 11 heteroatoms. The van der Waals surface area contributed by atoms with Crippen LogP contribution < -0.4 is 5.32 Å². The summed E-state index contributed by atoms with van der Waals surface area (Å²) in [6.45, 7) is 3.03. The van der Waals surface area contributed by atoms with Crippen LogP contribution in [-0.4, -0.2) is 57.8 Å². The number of hydrogen-bond donors (Lipinski definition) is 1. The van der Waals surface area contributed by atoms with Crippen LogP contribution in [0.2, 0.25) is 0 Å². The highest BCUT2D eigenvalue weighted by Gasteiger charge is 2.28. The number of carbonyl (C=O) groups excluding carboxylic acids is 1. The number of rotatable bonds is 7. The number of fused-ring (bicyclic) bond motifs is 1. The summed E-state index contributed by atoms with van der Waals surface area (Å²) in [6, 6.07) is 10.8. The summed E-state index contributed by atoms with van der Waals surface area (Å²) in [6.07, 6.45) is 2.80. The molecule has 0 unspecified atom stereocenters. The largest absolute Gasteiger partial charge is 0.354 e. The molecule has 0 radical (unpaired) electrons. The van der Waals surface area contributed by atoms with Crippen LogP contribution in [-0.2, 0) is 19.9 Å². The Morgan fingerprint density at radius 1 is 1.09 bits per heavy atom. The van der Waals surface area contributed by atoms with Crippen molar-refractivity contribution in [1.82, 2.24) is 9.29 Å². The maximum atomic E-state index is 13.0. The number of piperidine rings is 1. The van der Waals surface area contributed by atoms with Gasteiger partial charge in [-0.05, 0) is 49.1 Å². The molecular formula is C22H25N3O5S3. The smallest absolute Gasteiger partial charge is 0.243 e. The van der Waals surface area contributed by atoms with Crippen LogP contribution >= 0.6 is 11.3 Å². The molecule has 2 heterocycles. The first-order chi connectivity index (χ1) is 15.5. The monoisotopic (exact) mass is 507 g/mol. The second-order valence-corrected chi connectivity index (χ2v) is 13.3. The highest BCUT2D eigenvalue weighted by atomic mass is 32.2. The van der Waals surface area contributed by atoms with Crippen LogP contribution in [0.1, 0.15) is 30.1 Å². The van der Waals surface area contributed by atoms with Crippen molar-refractivity contribution in [2.75, 3.05) is 31.2 Å². The Morgan fingerprint density at radius 3 is 2.52 bits per heavy atom. The third-order valence-corrected chi connectivity index (χ3v) is 9.71. The Balaban J connectivity index is 1.47. The number of hydrogen-bond acceptors (Lipinski definition) is 8. The average Bonchev–Trinajstić information content (AvgIpc) is 3.19. The SMILES string of the molecule is CC1CCN(S(=O)(=O)c2cccc(C(=O)CNc3nc4ccc(S(C)(=O)=O)cc4s3)c2)CC1. The van der Waals surface area contributed by atoms with E-state index < -0.39 is 19.9 Å². The van der Waals surface area contributed by atoms with Crippen molar-refractivity contribution >= 4 is 52.3 Å². The summed E-state index contributed by atoms with van der Waals surface area (Å²) in [7, 11) is -6.96. The molecule has 1 aliphatic rings. The molecule has 0 spiro atoms. The zero-order chi connectivity index (χ0) is 23.8. The van der Waals surface area contributed by atoms with Crippen molar-refractivity contribution in [1.29, 1.82) is 0 Å². The topological polar surface area (TPSA) is 114 Å². The number of nitrogens with one attached hydrogen (secondary N) is 1. The molecule has 3 aromatic rings. The highest BCUT2D eigenvalue weighted by Crippen LogP contribution is 2.28. The minimum absolute atomic E-state index is 0.0660. The molecule has 1 saturated heterocycles. The predicted molar refractivity (Wildman–Crippen MR) is 129 cm³/mol. The van der Waals surface area contributed by atoms with Gasteiger partial charge in [-0.3, -0.25) is 4.79 Å². The fourth-order valence-corrected chi connectivity index (χ4v) is 6.81. The third-order valence-electron chi connectivity index (χ3n) is 5.72. The van der Waals surface area contributed by atoms with Gasteiger partial charge < -0.3 is 5.32 Å². The van der Waals surface area contributed by atoms with E-state index in [1.807, 2.05) is 0 Å². The molecular weight excluding hydrogens is 482 g/mol. The van der Waals surface area contributed by atoms with Crippen LogP contribution in [0.15, 0.2) is 52.3 Å². The van der Waals surface area contributed by atoms with E-state index >= 15 is 0 Å². The molecule has 0 saturated carbocycles. The van der Waals surface area contributed by atoms with E-state index in [-0.39, 0.29) is 22.1 Å². The normalized spacial score (nSPS) is 16.2. The zero-order valence-electron chi connectivity index (χ0n) is 18.3. The van der Waals surface area contributed by atoms with Crippen LogP contribution in [0.5, 0.6) is 0 Å². The van der Waals surface area contributed by atoms with Crippen LogP contribution in [0.25, 0.3) is 10.2 Å². The summed E-state index contributed by atoms with van der Waals surface area (Å²) >= 11 is 1.25. The first-order valence-corrected chi connectivity index (χ1v) is 14.7. The lowest BCUT2D eigenvalue weighted by molar-refractivity contribution is 0.101. The number of benzene rings is 2. The van der Waals surface area contributed by atoms with Crippen molar-refractivity contribution < 1.29 is 21.6 Å². The first-order valence-electron chi connectivity index (χ1n) is 10.5. The number of aromatic nitrogens is 1. The number of nitrogens with zero attached hydrogens (tertiary/aromatic N) is 2. The van der Waals surface area contributed by atoms with E-state index in [9.17, 15) is 21.6 Å². The summed E-state index contributed by atoms with van der Waals surface area (Å²) < 4.78 is 51.7. The van der Waals surface area contributed by atoms with Crippen LogP contribution in [0.3, 0.4) is 0 Å². The quantitative estimate of drug-likeness (QED) is 0.488. The number of Topliss-reactive ketones (excluding diaryl/α,β-unsaturated/α-hetero) is 1. The van der Waals surface area contributed by atoms with E-state index in [1.54, 1.807) is 24.3 Å². The number of sulfonamides is 1. The maximum Gasteiger partial charge on any atom is 0.243 e. The van der Waals surface area contributed by atoms with Crippen molar-refractivity contribution in [2.24, 2.45) is 5.92 Å². The Labute approximate surface area is 197 Å². The average molecular weight is 508 g/mol. The Bertz CT molecular complexity index is 1410. The molecule has 0 amide bonds. The van der Waals surface area contributed by atoms with Gasteiger partial charge in [0, 0.05) is 24.9 Å². The zero-order valence-corrected chi connectivity index (χ0v) is 20.8. The van der Waals surface area contributed by atoms with Crippen molar-refractivity contribution in [2.45, 2.75) is 29.6 Å². The fourth-order valence-electron chi connectivity index (χ4n) is 3.67. The molecule has 33 heavy (non-hydrogen) atoms. The van der Waals surface area contributed by atoms with Gasteiger partial charge in [0.15, 0.2) is 20.8 Å². The van der Waals surface area contributed by atoms with Gasteiger partial charge in [-0.25, -0.2) is 21.8 Å². The van der Waals surface area contributed by atoms with E-state index in [1.165, 1.54) is 33.8 Å². The number of ketones is 1. The summed E-state index contributed by atoms with van der Waals surface area (Å²) in [4.78, 5) is 17.5. The first kappa shape index (κ1) is 23.8. The number of carbonyl (C=O) groups is 1. The summed E-state index contributed by atoms with van der Waals surface area (Å²) in [5, 5.41) is 3.45. The predicted octanol–water partition coefficient (Wildman–Crippen LogP) is 3.42. The van der Waals surface area contributed by atoms with Gasteiger partial charge >= 0.3 is 0 Å². The van der Waals surface area contributed by atoms with Gasteiger partial charge in [-0.1, -0.05) is 30.4 Å². The molecule has 8 nitrogen and oxygen atoms in total. The Morgan fingerprint density at radius 2 is 1.82 bits per heavy atom. The van der Waals surface area contributed by atoms with E-state index in [0.29, 0.717) is 39.9 Å². The summed E-state index contributed by atoms with van der Waals surface area (Å²) in [5.41, 5.74) is 0.931. The van der Waals surface area contributed by atoms with Gasteiger partial charge in [0.25, 0.3) is 0 Å². The number of thiazole rings is 1. The molecule has 1 fully saturated rings. The fraction of sp³-hybridized carbons (Fsp3) is 0.364. The molecule has 0 atom stereocenters. The lowest BCUT2D eigenvalue weighted by Gasteiger charge is -2.29. The maximum absolute atomic E-state index is 13.0. The highest BCUT2D eigenvalue weighted by molar-refractivity contribution is 7.90. The van der Waals surface area contributed by atoms with Crippen molar-refractivity contribution in [3.05, 3.63) is 48.0 Å².